The first-order chi connectivity index (χ1) is 9.74. The van der Waals surface area contributed by atoms with Crippen molar-refractivity contribution in [2.75, 3.05) is 7.11 Å². The average Bonchev–Trinajstić information content (AvgIpc) is 2.53. The van der Waals surface area contributed by atoms with Gasteiger partial charge in [0.1, 0.15) is 5.75 Å². The van der Waals surface area contributed by atoms with Crippen LogP contribution in [-0.4, -0.2) is 18.0 Å². The quantitative estimate of drug-likeness (QED) is 0.924. The molecule has 0 fully saturated rings. The zero-order chi connectivity index (χ0) is 14.4. The Kier molecular flexibility index (Phi) is 6.69. The number of hydrogen-bond acceptors (Lipinski definition) is 3. The normalized spacial score (nSPS) is 9.62. The molecule has 0 radical (unpaired) electrons. The molecule has 4 nitrogen and oxygen atoms in total. The maximum absolute atomic E-state index is 11.9. The maximum Gasteiger partial charge on any atom is 0.251 e. The fourth-order valence-corrected chi connectivity index (χ4v) is 2.01. The van der Waals surface area contributed by atoms with Crippen molar-refractivity contribution in [3.05, 3.63) is 59.4 Å². The standard InChI is InChI=1S/C16H18N2O2.ClH/c1-3-13-10-12(4-5-15(13)20-2)11-18-16(19)14-6-8-17-9-7-14;/h4-10H,3,11H2,1-2H3,(H,18,19);1H. The molecule has 1 amide bonds. The van der Waals surface area contributed by atoms with Gasteiger partial charge in [0, 0.05) is 24.5 Å². The summed E-state index contributed by atoms with van der Waals surface area (Å²) in [6.45, 7) is 2.58. The van der Waals surface area contributed by atoms with Gasteiger partial charge in [0.25, 0.3) is 5.91 Å². The fourth-order valence-electron chi connectivity index (χ4n) is 2.01. The third-order valence-corrected chi connectivity index (χ3v) is 3.12. The third-order valence-electron chi connectivity index (χ3n) is 3.12. The van der Waals surface area contributed by atoms with Gasteiger partial charge in [-0.1, -0.05) is 19.1 Å². The van der Waals surface area contributed by atoms with Crippen molar-refractivity contribution in [1.82, 2.24) is 10.3 Å². The lowest BCUT2D eigenvalue weighted by Gasteiger charge is -2.10. The second-order valence-corrected chi connectivity index (χ2v) is 4.42. The first-order valence-corrected chi connectivity index (χ1v) is 6.58. The fraction of sp³-hybridized carbons (Fsp3) is 0.250. The highest BCUT2D eigenvalue weighted by atomic mass is 35.5. The average molecular weight is 307 g/mol. The van der Waals surface area contributed by atoms with Crippen LogP contribution in [0.5, 0.6) is 5.75 Å². The molecule has 0 bridgehead atoms. The number of nitrogens with one attached hydrogen (secondary N) is 1. The van der Waals surface area contributed by atoms with Crippen LogP contribution in [0, 0.1) is 0 Å². The second kappa shape index (κ2) is 8.27. The molecule has 2 rings (SSSR count). The van der Waals surface area contributed by atoms with Gasteiger partial charge in [-0.15, -0.1) is 12.4 Å². The SMILES string of the molecule is CCc1cc(CNC(=O)c2ccncc2)ccc1OC.Cl. The van der Waals surface area contributed by atoms with Gasteiger partial charge in [-0.25, -0.2) is 0 Å². The molecule has 1 heterocycles. The van der Waals surface area contributed by atoms with Crippen molar-refractivity contribution in [3.8, 4) is 5.75 Å². The van der Waals surface area contributed by atoms with Crippen molar-refractivity contribution < 1.29 is 9.53 Å². The summed E-state index contributed by atoms with van der Waals surface area (Å²) < 4.78 is 5.29. The van der Waals surface area contributed by atoms with Crippen LogP contribution in [-0.2, 0) is 13.0 Å². The Morgan fingerprint density at radius 2 is 1.95 bits per heavy atom. The molecule has 1 N–H and O–H groups in total. The van der Waals surface area contributed by atoms with Gasteiger partial charge in [0.2, 0.25) is 0 Å². The number of benzene rings is 1. The van der Waals surface area contributed by atoms with E-state index in [0.29, 0.717) is 12.1 Å². The zero-order valence-electron chi connectivity index (χ0n) is 12.1. The zero-order valence-corrected chi connectivity index (χ0v) is 12.9. The molecule has 0 atom stereocenters. The van der Waals surface area contributed by atoms with Crippen LogP contribution < -0.4 is 10.1 Å². The predicted molar refractivity (Wildman–Crippen MR) is 85.0 cm³/mol. The molecule has 21 heavy (non-hydrogen) atoms. The Labute approximate surface area is 131 Å². The molecule has 2 aromatic rings. The van der Waals surface area contributed by atoms with Crippen LogP contribution in [0.15, 0.2) is 42.7 Å². The van der Waals surface area contributed by atoms with E-state index in [-0.39, 0.29) is 18.3 Å². The van der Waals surface area contributed by atoms with Crippen molar-refractivity contribution in [1.29, 1.82) is 0 Å². The Morgan fingerprint density at radius 3 is 2.57 bits per heavy atom. The summed E-state index contributed by atoms with van der Waals surface area (Å²) in [5.74, 6) is 0.790. The molecule has 0 saturated carbocycles. The minimum absolute atomic E-state index is 0. The molecule has 1 aromatic heterocycles. The van der Waals surface area contributed by atoms with Crippen LogP contribution in [0.2, 0.25) is 0 Å². The first-order valence-electron chi connectivity index (χ1n) is 6.58. The summed E-state index contributed by atoms with van der Waals surface area (Å²) >= 11 is 0. The van der Waals surface area contributed by atoms with E-state index in [1.807, 2.05) is 12.1 Å². The van der Waals surface area contributed by atoms with Crippen molar-refractivity contribution in [2.24, 2.45) is 0 Å². The summed E-state index contributed by atoms with van der Waals surface area (Å²) in [4.78, 5) is 15.8. The highest BCUT2D eigenvalue weighted by molar-refractivity contribution is 5.93. The van der Waals surface area contributed by atoms with E-state index in [1.165, 1.54) is 0 Å². The minimum Gasteiger partial charge on any atom is -0.496 e. The summed E-state index contributed by atoms with van der Waals surface area (Å²) in [5.41, 5.74) is 2.82. The van der Waals surface area contributed by atoms with E-state index in [2.05, 4.69) is 23.3 Å². The number of methoxy groups -OCH3 is 1. The van der Waals surface area contributed by atoms with Gasteiger partial charge < -0.3 is 10.1 Å². The number of carbonyl (C=O) groups excluding carboxylic acids is 1. The number of amides is 1. The maximum atomic E-state index is 11.9. The Morgan fingerprint density at radius 1 is 1.24 bits per heavy atom. The molecule has 0 unspecified atom stereocenters. The van der Waals surface area contributed by atoms with E-state index in [0.717, 1.165) is 23.3 Å². The van der Waals surface area contributed by atoms with E-state index in [1.54, 1.807) is 31.6 Å². The summed E-state index contributed by atoms with van der Waals surface area (Å²) in [6, 6.07) is 9.35. The van der Waals surface area contributed by atoms with Gasteiger partial charge in [0.15, 0.2) is 0 Å². The number of ether oxygens (including phenoxy) is 1. The predicted octanol–water partition coefficient (Wildman–Crippen LogP) is 3.00. The van der Waals surface area contributed by atoms with Gasteiger partial charge in [-0.3, -0.25) is 9.78 Å². The molecule has 112 valence electrons. The summed E-state index contributed by atoms with van der Waals surface area (Å²) in [5, 5.41) is 2.90. The molecule has 0 spiro atoms. The van der Waals surface area contributed by atoms with E-state index >= 15 is 0 Å². The van der Waals surface area contributed by atoms with E-state index in [4.69, 9.17) is 4.74 Å². The number of rotatable bonds is 5. The Balaban J connectivity index is 0.00000220. The second-order valence-electron chi connectivity index (χ2n) is 4.42. The lowest BCUT2D eigenvalue weighted by atomic mass is 10.1. The van der Waals surface area contributed by atoms with Crippen molar-refractivity contribution >= 4 is 18.3 Å². The minimum atomic E-state index is -0.0960. The largest absolute Gasteiger partial charge is 0.496 e. The number of halogens is 1. The number of pyridine rings is 1. The number of aryl methyl sites for hydroxylation is 1. The number of carbonyl (C=O) groups is 1. The number of nitrogens with zero attached hydrogens (tertiary/aromatic N) is 1. The van der Waals surface area contributed by atoms with Gasteiger partial charge in [0.05, 0.1) is 7.11 Å². The molecule has 0 aliphatic rings. The summed E-state index contributed by atoms with van der Waals surface area (Å²) in [6.07, 6.45) is 4.12. The van der Waals surface area contributed by atoms with Crippen LogP contribution in [0.3, 0.4) is 0 Å². The lowest BCUT2D eigenvalue weighted by Crippen LogP contribution is -2.22. The van der Waals surface area contributed by atoms with E-state index in [9.17, 15) is 4.79 Å². The van der Waals surface area contributed by atoms with Gasteiger partial charge in [-0.2, -0.15) is 0 Å². The third kappa shape index (κ3) is 4.46. The number of hydrogen-bond donors (Lipinski definition) is 1. The Bertz CT molecular complexity index is 588. The topological polar surface area (TPSA) is 51.2 Å². The van der Waals surface area contributed by atoms with Crippen LogP contribution in [0.1, 0.15) is 28.4 Å². The molecule has 0 aliphatic carbocycles. The van der Waals surface area contributed by atoms with Crippen LogP contribution in [0.4, 0.5) is 0 Å². The monoisotopic (exact) mass is 306 g/mol. The van der Waals surface area contributed by atoms with Crippen molar-refractivity contribution in [2.45, 2.75) is 19.9 Å². The summed E-state index contributed by atoms with van der Waals surface area (Å²) in [7, 11) is 1.67. The van der Waals surface area contributed by atoms with Crippen LogP contribution in [0.25, 0.3) is 0 Å². The van der Waals surface area contributed by atoms with E-state index < -0.39 is 0 Å². The lowest BCUT2D eigenvalue weighted by molar-refractivity contribution is 0.0951. The van der Waals surface area contributed by atoms with Gasteiger partial charge in [-0.05, 0) is 35.7 Å². The highest BCUT2D eigenvalue weighted by Crippen LogP contribution is 2.20. The highest BCUT2D eigenvalue weighted by Gasteiger charge is 2.06. The molecule has 1 aromatic carbocycles. The van der Waals surface area contributed by atoms with Crippen molar-refractivity contribution in [3.63, 3.8) is 0 Å². The van der Waals surface area contributed by atoms with Gasteiger partial charge >= 0.3 is 0 Å². The molecular formula is C16H19ClN2O2. The smallest absolute Gasteiger partial charge is 0.251 e. The number of aromatic nitrogens is 1. The molecule has 5 heteroatoms. The first kappa shape index (κ1) is 17.0. The molecular weight excluding hydrogens is 288 g/mol. The Hall–Kier alpha value is -2.07. The van der Waals surface area contributed by atoms with Crippen LogP contribution >= 0.6 is 12.4 Å². The molecule has 0 saturated heterocycles. The molecule has 0 aliphatic heterocycles.